The van der Waals surface area contributed by atoms with Gasteiger partial charge in [-0.05, 0) is 32.1 Å². The van der Waals surface area contributed by atoms with Gasteiger partial charge in [0, 0.05) is 63.3 Å². The summed E-state index contributed by atoms with van der Waals surface area (Å²) in [7, 11) is 0. The summed E-state index contributed by atoms with van der Waals surface area (Å²) in [6.07, 6.45) is 8.86. The number of carboxylic acid groups (broad SMARTS) is 4. The molecule has 0 aromatic heterocycles. The van der Waals surface area contributed by atoms with Crippen molar-refractivity contribution in [1.82, 2.24) is 16.0 Å². The van der Waals surface area contributed by atoms with Gasteiger partial charge in [0.25, 0.3) is 0 Å². The number of nitrogens with one attached hydrogen (secondary N) is 3. The molecule has 22 nitrogen and oxygen atoms in total. The quantitative estimate of drug-likeness (QED) is 0.0406. The van der Waals surface area contributed by atoms with E-state index in [2.05, 4.69) is 16.0 Å². The number of Topliss-reactive ketones (excluding diaryl/α,β-unsaturated/α-hetero) is 3. The van der Waals surface area contributed by atoms with Gasteiger partial charge >= 0.3 is 23.9 Å². The molecule has 402 valence electrons. The summed E-state index contributed by atoms with van der Waals surface area (Å²) in [6, 6.07) is -1.19. The van der Waals surface area contributed by atoms with Gasteiger partial charge in [-0.25, -0.2) is 4.79 Å². The van der Waals surface area contributed by atoms with Crippen molar-refractivity contribution in [2.24, 2.45) is 17.8 Å². The number of rotatable bonds is 50. The lowest BCUT2D eigenvalue weighted by Gasteiger charge is -2.14. The second kappa shape index (κ2) is 43.3. The van der Waals surface area contributed by atoms with E-state index in [9.17, 15) is 58.2 Å². The summed E-state index contributed by atoms with van der Waals surface area (Å²) in [5.41, 5.74) is 0. The Morgan fingerprint density at radius 1 is 0.500 bits per heavy atom. The van der Waals surface area contributed by atoms with E-state index in [0.29, 0.717) is 44.3 Å². The van der Waals surface area contributed by atoms with Gasteiger partial charge in [0.2, 0.25) is 17.7 Å². The summed E-state index contributed by atoms with van der Waals surface area (Å²) in [4.78, 5) is 118. The highest BCUT2D eigenvalue weighted by Crippen LogP contribution is 2.18. The lowest BCUT2D eigenvalue weighted by Crippen LogP contribution is -2.41. The van der Waals surface area contributed by atoms with Gasteiger partial charge < -0.3 is 60.4 Å². The molecule has 0 spiro atoms. The van der Waals surface area contributed by atoms with E-state index in [1.807, 2.05) is 0 Å². The molecule has 0 unspecified atom stereocenters. The molecule has 0 radical (unpaired) electrons. The Bertz CT molecular complexity index is 1570. The summed E-state index contributed by atoms with van der Waals surface area (Å²) >= 11 is 1.28. The first kappa shape index (κ1) is 65.5. The Morgan fingerprint density at radius 2 is 1.03 bits per heavy atom. The molecule has 0 fully saturated rings. The number of thioether (sulfide) groups is 1. The van der Waals surface area contributed by atoms with Crippen LogP contribution in [0.1, 0.15) is 129 Å². The van der Waals surface area contributed by atoms with Gasteiger partial charge in [0.15, 0.2) is 5.78 Å². The summed E-state index contributed by atoms with van der Waals surface area (Å²) in [5, 5.41) is 53.5. The molecule has 0 bridgehead atoms. The highest BCUT2D eigenvalue weighted by Gasteiger charge is 2.25. The molecule has 0 aliphatic carbocycles. The molecule has 0 rings (SSSR count). The molecule has 8 N–H and O–H groups in total. The largest absolute Gasteiger partial charge is 0.481 e. The molecule has 70 heavy (non-hydrogen) atoms. The molecule has 0 aromatic rings. The van der Waals surface area contributed by atoms with E-state index >= 15 is 0 Å². The van der Waals surface area contributed by atoms with E-state index in [0.717, 1.165) is 38.5 Å². The number of aliphatic hydroxyl groups is 1. The smallest absolute Gasteiger partial charge is 0.326 e. The maximum Gasteiger partial charge on any atom is 0.326 e. The minimum Gasteiger partial charge on any atom is -0.481 e. The fourth-order valence-electron chi connectivity index (χ4n) is 6.60. The van der Waals surface area contributed by atoms with E-state index < -0.39 is 60.2 Å². The number of carbonyl (C=O) groups is 10. The lowest BCUT2D eigenvalue weighted by molar-refractivity contribution is -0.145. The fraction of sp³-hybridized carbons (Fsp3) is 0.787. The number of aliphatic carboxylic acids is 4. The Labute approximate surface area is 414 Å². The van der Waals surface area contributed by atoms with Crippen LogP contribution < -0.4 is 16.0 Å². The number of amides is 3. The van der Waals surface area contributed by atoms with Crippen LogP contribution in [0.4, 0.5) is 0 Å². The predicted molar refractivity (Wildman–Crippen MR) is 255 cm³/mol. The van der Waals surface area contributed by atoms with Gasteiger partial charge in [-0.1, -0.05) is 58.3 Å². The van der Waals surface area contributed by atoms with Crippen LogP contribution in [0.5, 0.6) is 0 Å². The molecular formula is C47H79N3O19S. The number of carboxylic acids is 4. The van der Waals surface area contributed by atoms with Crippen molar-refractivity contribution in [2.45, 2.75) is 135 Å². The molecule has 4 atom stereocenters. The summed E-state index contributed by atoms with van der Waals surface area (Å²) in [5.74, 6) is -8.12. The van der Waals surface area contributed by atoms with Crippen molar-refractivity contribution < 1.29 is 92.4 Å². The van der Waals surface area contributed by atoms with Crippen molar-refractivity contribution >= 4 is 70.7 Å². The number of carbonyl (C=O) groups excluding carboxylic acids is 6. The fourth-order valence-corrected chi connectivity index (χ4v) is 7.63. The number of ether oxygens (including phenoxy) is 4. The number of aliphatic hydroxyl groups excluding tert-OH is 1. The monoisotopic (exact) mass is 1020 g/mol. The molecule has 0 saturated carbocycles. The third-order valence-electron chi connectivity index (χ3n) is 10.7. The van der Waals surface area contributed by atoms with Crippen molar-refractivity contribution in [3.05, 3.63) is 0 Å². The highest BCUT2D eigenvalue weighted by molar-refractivity contribution is 7.99. The summed E-state index contributed by atoms with van der Waals surface area (Å²) < 4.78 is 21.3. The van der Waals surface area contributed by atoms with E-state index in [4.69, 9.17) is 34.3 Å². The van der Waals surface area contributed by atoms with Crippen LogP contribution in [0.15, 0.2) is 0 Å². The average molecular weight is 1020 g/mol. The SMILES string of the molecule is C[C@@H](CSCC(=O)CCCCC[C@H](CC(=O)COCCOCCNC(=O)COCCOCCNC(=O)CC[C@@H](NC(=O)CCCCCCCCCCC(=O)O)C(=O)O)C(=O)O)C(=O)C[C@@H](CO)C(=O)O. The third-order valence-corrected chi connectivity index (χ3v) is 12.0. The maximum absolute atomic E-state index is 12.3. The number of unbranched alkanes of at least 4 members (excludes halogenated alkanes) is 9. The Balaban J connectivity index is 3.87. The first-order valence-corrected chi connectivity index (χ1v) is 25.4. The maximum atomic E-state index is 12.3. The predicted octanol–water partition coefficient (Wildman–Crippen LogP) is 2.82. The van der Waals surface area contributed by atoms with Gasteiger partial charge in [-0.3, -0.25) is 43.2 Å². The zero-order valence-electron chi connectivity index (χ0n) is 40.8. The minimum atomic E-state index is -1.24. The second-order valence-electron chi connectivity index (χ2n) is 17.0. The molecule has 3 amide bonds. The highest BCUT2D eigenvalue weighted by atomic mass is 32.2. The van der Waals surface area contributed by atoms with Crippen LogP contribution in [0.3, 0.4) is 0 Å². The average Bonchev–Trinajstić information content (AvgIpc) is 3.30. The molecule has 0 aliphatic rings. The topological polar surface area (TPSA) is 345 Å². The van der Waals surface area contributed by atoms with E-state index in [1.165, 1.54) is 11.8 Å². The van der Waals surface area contributed by atoms with Crippen LogP contribution in [0.2, 0.25) is 0 Å². The van der Waals surface area contributed by atoms with Crippen LogP contribution in [-0.2, 0) is 66.9 Å². The summed E-state index contributed by atoms with van der Waals surface area (Å²) in [6.45, 7) is 1.69. The van der Waals surface area contributed by atoms with Gasteiger partial charge in [0.1, 0.15) is 30.8 Å². The van der Waals surface area contributed by atoms with Crippen molar-refractivity contribution in [2.75, 3.05) is 84.1 Å². The van der Waals surface area contributed by atoms with Gasteiger partial charge in [0.05, 0.1) is 63.8 Å². The number of hydrogen-bond donors (Lipinski definition) is 8. The first-order valence-electron chi connectivity index (χ1n) is 24.2. The molecular weight excluding hydrogens is 943 g/mol. The van der Waals surface area contributed by atoms with Crippen LogP contribution >= 0.6 is 11.8 Å². The van der Waals surface area contributed by atoms with Crippen LogP contribution in [0.25, 0.3) is 0 Å². The Hall–Kier alpha value is -4.55. The van der Waals surface area contributed by atoms with Gasteiger partial charge in [-0.15, -0.1) is 0 Å². The molecule has 0 aliphatic heterocycles. The molecule has 23 heteroatoms. The standard InChI is InChI=1S/C47H79N3O19S/c1-34(40(54)28-36(29-51)46(62)63)32-70-33-37(52)14-10-8-9-13-35(45(60)61)27-38(53)30-68-25-23-67-22-20-49-43(57)31-69-26-24-66-21-19-48-41(55)18-17-39(47(64)65)50-42(56)15-11-6-4-2-3-5-7-12-16-44(58)59/h34-36,39,51H,2-33H2,1H3,(H,48,55)(H,49,57)(H,50,56)(H,58,59)(H,60,61)(H,62,63)(H,64,65)/t34-,35+,36-,39+/m0/s1. The number of hydrogen-bond acceptors (Lipinski definition) is 16. The normalized spacial score (nSPS) is 12.8. The van der Waals surface area contributed by atoms with Crippen molar-refractivity contribution in [3.63, 3.8) is 0 Å². The molecule has 0 heterocycles. The first-order chi connectivity index (χ1) is 33.5. The van der Waals surface area contributed by atoms with Crippen molar-refractivity contribution in [1.29, 1.82) is 0 Å². The van der Waals surface area contributed by atoms with E-state index in [1.54, 1.807) is 6.92 Å². The minimum absolute atomic E-state index is 0.0181. The molecule has 0 aromatic carbocycles. The van der Waals surface area contributed by atoms with Crippen LogP contribution in [-0.4, -0.2) is 175 Å². The Morgan fingerprint density at radius 3 is 1.60 bits per heavy atom. The molecule has 0 saturated heterocycles. The zero-order chi connectivity index (χ0) is 52.4. The lowest BCUT2D eigenvalue weighted by atomic mass is 9.95. The second-order valence-corrected chi connectivity index (χ2v) is 18.0. The van der Waals surface area contributed by atoms with Crippen molar-refractivity contribution in [3.8, 4) is 0 Å². The van der Waals surface area contributed by atoms with Gasteiger partial charge in [-0.2, -0.15) is 11.8 Å². The zero-order valence-corrected chi connectivity index (χ0v) is 41.6. The van der Waals surface area contributed by atoms with Crippen LogP contribution in [0, 0.1) is 17.8 Å². The third kappa shape index (κ3) is 39.2. The van der Waals surface area contributed by atoms with E-state index in [-0.39, 0.29) is 146 Å². The Kier molecular flexibility index (Phi) is 40.4. The number of ketones is 3.